The number of fused-ring (bicyclic) bond motifs is 1. The normalized spacial score (nSPS) is 15.8. The van der Waals surface area contributed by atoms with Crippen molar-refractivity contribution >= 4 is 38.1 Å². The maximum atomic E-state index is 13.2. The van der Waals surface area contributed by atoms with E-state index in [0.717, 1.165) is 16.9 Å². The van der Waals surface area contributed by atoms with Crippen molar-refractivity contribution in [3.63, 3.8) is 0 Å². The third kappa shape index (κ3) is 3.56. The summed E-state index contributed by atoms with van der Waals surface area (Å²) >= 11 is 0.826. The van der Waals surface area contributed by atoms with E-state index in [1.54, 1.807) is 36.4 Å². The van der Waals surface area contributed by atoms with Crippen LogP contribution in [-0.4, -0.2) is 37.7 Å². The van der Waals surface area contributed by atoms with Gasteiger partial charge in [-0.25, -0.2) is 0 Å². The molecule has 0 bridgehead atoms. The number of rotatable bonds is 5. The first-order valence-corrected chi connectivity index (χ1v) is 11.1. The Bertz CT molecular complexity index is 1160. The molecule has 3 aromatic rings. The lowest BCUT2D eigenvalue weighted by atomic mass is 10.1. The third-order valence-corrected chi connectivity index (χ3v) is 7.72. The van der Waals surface area contributed by atoms with Crippen LogP contribution in [0.3, 0.4) is 0 Å². The van der Waals surface area contributed by atoms with Gasteiger partial charge in [0.15, 0.2) is 0 Å². The van der Waals surface area contributed by atoms with Crippen LogP contribution in [-0.2, 0) is 16.4 Å². The van der Waals surface area contributed by atoms with Gasteiger partial charge in [0.25, 0.3) is 20.3 Å². The minimum Gasteiger partial charge on any atom is -0.497 e. The Hall–Kier alpha value is -2.98. The lowest BCUT2D eigenvalue weighted by Gasteiger charge is -2.22. The molecule has 10 heteroatoms. The first kappa shape index (κ1) is 19.3. The van der Waals surface area contributed by atoms with Crippen LogP contribution in [0.5, 0.6) is 5.75 Å². The average molecular weight is 431 g/mol. The van der Waals surface area contributed by atoms with Gasteiger partial charge in [-0.1, -0.05) is 29.5 Å². The van der Waals surface area contributed by atoms with Crippen molar-refractivity contribution in [2.45, 2.75) is 23.7 Å². The van der Waals surface area contributed by atoms with E-state index in [1.165, 1.54) is 11.4 Å². The molecule has 4 rings (SSSR count). The van der Waals surface area contributed by atoms with Gasteiger partial charge < -0.3 is 4.74 Å². The maximum absolute atomic E-state index is 13.2. The summed E-state index contributed by atoms with van der Waals surface area (Å²) in [6.07, 6.45) is 0.634. The zero-order valence-electron chi connectivity index (χ0n) is 15.7. The number of anilines is 2. The molecule has 0 radical (unpaired) electrons. The molecular formula is C19H18N4O4S2. The van der Waals surface area contributed by atoms with E-state index in [2.05, 4.69) is 15.5 Å². The number of methoxy groups -OCH3 is 1. The molecule has 1 amide bonds. The smallest absolute Gasteiger partial charge is 0.293 e. The predicted molar refractivity (Wildman–Crippen MR) is 110 cm³/mol. The second-order valence-electron chi connectivity index (χ2n) is 6.54. The molecule has 150 valence electrons. The fourth-order valence-corrected chi connectivity index (χ4v) is 5.93. The van der Waals surface area contributed by atoms with Crippen molar-refractivity contribution < 1.29 is 17.9 Å². The van der Waals surface area contributed by atoms with Gasteiger partial charge in [-0.15, -0.1) is 10.2 Å². The molecule has 1 atom stereocenters. The summed E-state index contributed by atoms with van der Waals surface area (Å²) in [7, 11) is -2.34. The van der Waals surface area contributed by atoms with E-state index in [1.807, 2.05) is 19.1 Å². The quantitative estimate of drug-likeness (QED) is 0.625. The van der Waals surface area contributed by atoms with Crippen molar-refractivity contribution in [1.29, 1.82) is 0 Å². The lowest BCUT2D eigenvalue weighted by molar-refractivity contribution is 0.102. The maximum Gasteiger partial charge on any atom is 0.293 e. The molecule has 0 saturated carbocycles. The Labute approximate surface area is 172 Å². The molecule has 0 spiro atoms. The number of carbonyl (C=O) groups excluding carboxylic acids is 1. The Balaban J connectivity index is 1.56. The topological polar surface area (TPSA) is 101 Å². The molecule has 0 fully saturated rings. The summed E-state index contributed by atoms with van der Waals surface area (Å²) in [6, 6.07) is 13.7. The molecule has 1 N–H and O–H groups in total. The van der Waals surface area contributed by atoms with Crippen LogP contribution < -0.4 is 14.4 Å². The Morgan fingerprint density at radius 1 is 1.17 bits per heavy atom. The van der Waals surface area contributed by atoms with Crippen LogP contribution in [0.2, 0.25) is 0 Å². The van der Waals surface area contributed by atoms with Crippen LogP contribution in [0.15, 0.2) is 52.9 Å². The highest BCUT2D eigenvalue weighted by atomic mass is 32.2. The summed E-state index contributed by atoms with van der Waals surface area (Å²) in [4.78, 5) is 12.4. The lowest BCUT2D eigenvalue weighted by Crippen LogP contribution is -2.35. The SMILES string of the molecule is COc1ccc(C(=O)Nc2nnc(S(=O)(=O)N3c4ccccc4C[C@H]3C)s2)cc1. The van der Waals surface area contributed by atoms with Gasteiger partial charge in [0.2, 0.25) is 5.13 Å². The van der Waals surface area contributed by atoms with E-state index in [4.69, 9.17) is 4.74 Å². The van der Waals surface area contributed by atoms with E-state index < -0.39 is 15.9 Å². The summed E-state index contributed by atoms with van der Waals surface area (Å²) < 4.78 is 32.6. The molecule has 1 aliphatic rings. The molecule has 0 saturated heterocycles. The molecule has 2 heterocycles. The van der Waals surface area contributed by atoms with Crippen LogP contribution >= 0.6 is 11.3 Å². The largest absolute Gasteiger partial charge is 0.497 e. The van der Waals surface area contributed by atoms with E-state index >= 15 is 0 Å². The standard InChI is InChI=1S/C19H18N4O4S2/c1-12-11-14-5-3-4-6-16(14)23(12)29(25,26)19-22-21-18(28-19)20-17(24)13-7-9-15(27-2)10-8-13/h3-10,12H,11H2,1-2H3,(H,20,21,24)/t12-/m1/s1. The minimum absolute atomic E-state index is 0.115. The van der Waals surface area contributed by atoms with Crippen LogP contribution in [0.4, 0.5) is 10.8 Å². The summed E-state index contributed by atoms with van der Waals surface area (Å²) in [5.41, 5.74) is 2.02. The molecule has 8 nitrogen and oxygen atoms in total. The number of hydrogen-bond acceptors (Lipinski definition) is 7. The van der Waals surface area contributed by atoms with Gasteiger partial charge in [-0.3, -0.25) is 14.4 Å². The monoisotopic (exact) mass is 430 g/mol. The van der Waals surface area contributed by atoms with E-state index in [0.29, 0.717) is 23.4 Å². The fourth-order valence-electron chi connectivity index (χ4n) is 3.26. The zero-order valence-corrected chi connectivity index (χ0v) is 17.3. The van der Waals surface area contributed by atoms with Crippen LogP contribution in [0.25, 0.3) is 0 Å². The second kappa shape index (κ2) is 7.45. The molecule has 1 aromatic heterocycles. The van der Waals surface area contributed by atoms with Crippen molar-refractivity contribution in [2.75, 3.05) is 16.7 Å². The predicted octanol–water partition coefficient (Wildman–Crippen LogP) is 2.94. The molecule has 29 heavy (non-hydrogen) atoms. The number of hydrogen-bond donors (Lipinski definition) is 1. The summed E-state index contributed by atoms with van der Waals surface area (Å²) in [5.74, 6) is 0.221. The number of nitrogens with one attached hydrogen (secondary N) is 1. The van der Waals surface area contributed by atoms with Crippen molar-refractivity contribution in [2.24, 2.45) is 0 Å². The van der Waals surface area contributed by atoms with Crippen molar-refractivity contribution in [1.82, 2.24) is 10.2 Å². The number of ether oxygens (including phenoxy) is 1. The Kier molecular flexibility index (Phi) is 4.97. The molecular weight excluding hydrogens is 412 g/mol. The van der Waals surface area contributed by atoms with Gasteiger partial charge in [-0.05, 0) is 49.2 Å². The number of sulfonamides is 1. The minimum atomic E-state index is -3.88. The Morgan fingerprint density at radius 2 is 1.90 bits per heavy atom. The van der Waals surface area contributed by atoms with Gasteiger partial charge in [0, 0.05) is 11.6 Å². The Morgan fingerprint density at radius 3 is 2.62 bits per heavy atom. The van der Waals surface area contributed by atoms with Gasteiger partial charge in [0.1, 0.15) is 5.75 Å². The van der Waals surface area contributed by atoms with Crippen molar-refractivity contribution in [3.05, 3.63) is 59.7 Å². The van der Waals surface area contributed by atoms with Gasteiger partial charge in [-0.2, -0.15) is 8.42 Å². The molecule has 2 aromatic carbocycles. The first-order chi connectivity index (χ1) is 13.9. The van der Waals surface area contributed by atoms with E-state index in [9.17, 15) is 13.2 Å². The number of benzene rings is 2. The van der Waals surface area contributed by atoms with E-state index in [-0.39, 0.29) is 15.5 Å². The first-order valence-electron chi connectivity index (χ1n) is 8.81. The second-order valence-corrected chi connectivity index (χ2v) is 9.50. The number of para-hydroxylation sites is 1. The van der Waals surface area contributed by atoms with Crippen molar-refractivity contribution in [3.8, 4) is 5.75 Å². The number of carbonyl (C=O) groups is 1. The summed E-state index contributed by atoms with van der Waals surface area (Å²) in [5, 5.41) is 10.4. The molecule has 0 unspecified atom stereocenters. The number of amides is 1. The third-order valence-electron chi connectivity index (χ3n) is 4.60. The highest BCUT2D eigenvalue weighted by molar-refractivity contribution is 7.94. The van der Waals surface area contributed by atoms with Gasteiger partial charge in [0.05, 0.1) is 12.8 Å². The highest BCUT2D eigenvalue weighted by Crippen LogP contribution is 2.37. The van der Waals surface area contributed by atoms with Crippen LogP contribution in [0.1, 0.15) is 22.8 Å². The fraction of sp³-hybridized carbons (Fsp3) is 0.211. The summed E-state index contributed by atoms with van der Waals surface area (Å²) in [6.45, 7) is 1.85. The van der Waals surface area contributed by atoms with Gasteiger partial charge >= 0.3 is 0 Å². The number of aromatic nitrogens is 2. The number of nitrogens with zero attached hydrogens (tertiary/aromatic N) is 3. The molecule has 0 aliphatic carbocycles. The molecule has 1 aliphatic heterocycles. The zero-order chi connectivity index (χ0) is 20.6. The average Bonchev–Trinajstić information content (AvgIpc) is 3.32. The van der Waals surface area contributed by atoms with Crippen LogP contribution in [0, 0.1) is 0 Å². The highest BCUT2D eigenvalue weighted by Gasteiger charge is 2.38.